The van der Waals surface area contributed by atoms with E-state index in [1.165, 1.54) is 25.7 Å². The van der Waals surface area contributed by atoms with Crippen molar-refractivity contribution in [2.75, 3.05) is 33.8 Å². The maximum atomic E-state index is 4.91. The fourth-order valence-corrected chi connectivity index (χ4v) is 1.95. The molecule has 0 amide bonds. The Morgan fingerprint density at radius 1 is 1.16 bits per heavy atom. The third-order valence-electron chi connectivity index (χ3n) is 2.87. The van der Waals surface area contributed by atoms with E-state index in [-0.39, 0.29) is 13.6 Å². The van der Waals surface area contributed by atoms with Gasteiger partial charge >= 0.3 is 0 Å². The van der Waals surface area contributed by atoms with Crippen LogP contribution in [0.3, 0.4) is 0 Å². The number of hydroxylamine groups is 1. The van der Waals surface area contributed by atoms with Crippen molar-refractivity contribution in [2.24, 2.45) is 5.92 Å². The van der Waals surface area contributed by atoms with Crippen LogP contribution < -0.4 is 10.8 Å². The first-order chi connectivity index (χ1) is 9.34. The Labute approximate surface area is 114 Å². The van der Waals surface area contributed by atoms with Crippen LogP contribution in [0.1, 0.15) is 25.7 Å². The summed E-state index contributed by atoms with van der Waals surface area (Å²) >= 11 is 0. The zero-order valence-corrected chi connectivity index (χ0v) is 11.5. The summed E-state index contributed by atoms with van der Waals surface area (Å²) in [5.41, 5.74) is 3.44. The molecule has 7 heteroatoms. The highest BCUT2D eigenvalue weighted by molar-refractivity contribution is 4.99. The van der Waals surface area contributed by atoms with Gasteiger partial charge in [0.15, 0.2) is 13.6 Å². The van der Waals surface area contributed by atoms with Crippen LogP contribution in [0, 0.1) is 5.92 Å². The van der Waals surface area contributed by atoms with Gasteiger partial charge in [0.05, 0.1) is 6.61 Å². The normalized spacial score (nSPS) is 15.8. The van der Waals surface area contributed by atoms with Crippen LogP contribution >= 0.6 is 0 Å². The predicted octanol–water partition coefficient (Wildman–Crippen LogP) is 1.24. The van der Waals surface area contributed by atoms with Gasteiger partial charge < -0.3 is 10.1 Å². The lowest BCUT2D eigenvalue weighted by molar-refractivity contribution is -0.398. The van der Waals surface area contributed by atoms with Gasteiger partial charge in [0.25, 0.3) is 0 Å². The molecule has 0 aromatic rings. The molecule has 0 bridgehead atoms. The minimum Gasteiger partial charge on any atom is -0.386 e. The van der Waals surface area contributed by atoms with Crippen molar-refractivity contribution in [3.63, 3.8) is 0 Å². The molecule has 1 fully saturated rings. The van der Waals surface area contributed by atoms with Gasteiger partial charge in [0.2, 0.25) is 0 Å². The van der Waals surface area contributed by atoms with Crippen molar-refractivity contribution >= 4 is 0 Å². The summed E-state index contributed by atoms with van der Waals surface area (Å²) in [4.78, 5) is 18.6. The van der Waals surface area contributed by atoms with Crippen molar-refractivity contribution in [3.05, 3.63) is 12.3 Å². The van der Waals surface area contributed by atoms with E-state index in [4.69, 9.17) is 14.5 Å². The third kappa shape index (κ3) is 8.14. The van der Waals surface area contributed by atoms with Crippen molar-refractivity contribution in [1.29, 1.82) is 0 Å². The van der Waals surface area contributed by atoms with E-state index in [1.54, 1.807) is 7.05 Å². The van der Waals surface area contributed by atoms with E-state index < -0.39 is 0 Å². The molecule has 0 aliphatic heterocycles. The smallest absolute Gasteiger partial charge is 0.185 e. The standard InChI is InChI=1S/C12H24N2O5/c1-11(12-5-3-4-6-12)14-7-8-16-17-9-15-10-18-19-13-2/h12-14H,1,3-10H2,2H3. The summed E-state index contributed by atoms with van der Waals surface area (Å²) in [6.45, 7) is 5.09. The van der Waals surface area contributed by atoms with Crippen molar-refractivity contribution < 1.29 is 24.4 Å². The van der Waals surface area contributed by atoms with Crippen molar-refractivity contribution in [1.82, 2.24) is 10.8 Å². The van der Waals surface area contributed by atoms with Crippen LogP contribution in [0.15, 0.2) is 12.3 Å². The molecular formula is C12H24N2O5. The monoisotopic (exact) mass is 276 g/mol. The number of nitrogens with one attached hydrogen (secondary N) is 2. The Morgan fingerprint density at radius 2 is 1.89 bits per heavy atom. The lowest BCUT2D eigenvalue weighted by Crippen LogP contribution is -2.22. The molecule has 1 aliphatic rings. The number of allylic oxidation sites excluding steroid dienone is 1. The molecule has 0 aromatic heterocycles. The summed E-state index contributed by atoms with van der Waals surface area (Å²) < 4.78 is 4.87. The molecule has 0 saturated heterocycles. The van der Waals surface area contributed by atoms with Gasteiger partial charge in [-0.3, -0.25) is 0 Å². The van der Waals surface area contributed by atoms with Crippen LogP contribution in [-0.2, 0) is 24.4 Å². The third-order valence-corrected chi connectivity index (χ3v) is 2.87. The van der Waals surface area contributed by atoms with Crippen LogP contribution in [-0.4, -0.2) is 33.8 Å². The first-order valence-electron chi connectivity index (χ1n) is 6.54. The molecule has 1 saturated carbocycles. The zero-order valence-electron chi connectivity index (χ0n) is 11.5. The molecule has 0 radical (unpaired) electrons. The van der Waals surface area contributed by atoms with E-state index in [0.29, 0.717) is 19.1 Å². The van der Waals surface area contributed by atoms with Gasteiger partial charge in [-0.1, -0.05) is 19.4 Å². The van der Waals surface area contributed by atoms with Crippen molar-refractivity contribution in [3.8, 4) is 0 Å². The van der Waals surface area contributed by atoms with Gasteiger partial charge in [0.1, 0.15) is 0 Å². The lowest BCUT2D eigenvalue weighted by Gasteiger charge is -2.15. The van der Waals surface area contributed by atoms with Gasteiger partial charge in [0, 0.05) is 19.3 Å². The largest absolute Gasteiger partial charge is 0.386 e. The Balaban J connectivity index is 1.79. The van der Waals surface area contributed by atoms with E-state index in [0.717, 1.165) is 5.70 Å². The summed E-state index contributed by atoms with van der Waals surface area (Å²) in [6, 6.07) is 0. The van der Waals surface area contributed by atoms with Crippen LogP contribution in [0.25, 0.3) is 0 Å². The number of hydrogen-bond donors (Lipinski definition) is 2. The van der Waals surface area contributed by atoms with E-state index in [9.17, 15) is 0 Å². The fourth-order valence-electron chi connectivity index (χ4n) is 1.95. The minimum atomic E-state index is -0.0407. The maximum Gasteiger partial charge on any atom is 0.185 e. The van der Waals surface area contributed by atoms with Gasteiger partial charge in [-0.25, -0.2) is 9.78 Å². The highest BCUT2D eigenvalue weighted by Gasteiger charge is 2.17. The number of hydrogen-bond acceptors (Lipinski definition) is 7. The second-order valence-electron chi connectivity index (χ2n) is 4.22. The lowest BCUT2D eigenvalue weighted by atomic mass is 10.1. The van der Waals surface area contributed by atoms with Crippen LogP contribution in [0.4, 0.5) is 0 Å². The topological polar surface area (TPSA) is 70.2 Å². The van der Waals surface area contributed by atoms with Crippen LogP contribution in [0.5, 0.6) is 0 Å². The second kappa shape index (κ2) is 11.2. The molecule has 0 unspecified atom stereocenters. The molecule has 0 atom stereocenters. The molecule has 112 valence electrons. The van der Waals surface area contributed by atoms with E-state index >= 15 is 0 Å². The van der Waals surface area contributed by atoms with Gasteiger partial charge in [-0.2, -0.15) is 10.4 Å². The number of rotatable bonds is 12. The molecule has 1 aliphatic carbocycles. The zero-order chi connectivity index (χ0) is 13.8. The summed E-state index contributed by atoms with van der Waals surface area (Å²) in [5.74, 6) is 0.619. The van der Waals surface area contributed by atoms with Gasteiger partial charge in [-0.05, 0) is 18.8 Å². The molecule has 0 aromatic carbocycles. The molecule has 0 spiro atoms. The Kier molecular flexibility index (Phi) is 9.60. The molecule has 7 nitrogen and oxygen atoms in total. The first-order valence-corrected chi connectivity index (χ1v) is 6.54. The molecule has 2 N–H and O–H groups in total. The average Bonchev–Trinajstić information content (AvgIpc) is 2.95. The quantitative estimate of drug-likeness (QED) is 0.240. The highest BCUT2D eigenvalue weighted by atomic mass is 17.3. The molecule has 19 heavy (non-hydrogen) atoms. The first kappa shape index (κ1) is 16.4. The summed E-state index contributed by atoms with van der Waals surface area (Å²) in [7, 11) is 1.58. The summed E-state index contributed by atoms with van der Waals surface area (Å²) in [5, 5.41) is 3.25. The van der Waals surface area contributed by atoms with E-state index in [1.807, 2.05) is 0 Å². The fraction of sp³-hybridized carbons (Fsp3) is 0.833. The molecule has 1 rings (SSSR count). The van der Waals surface area contributed by atoms with Gasteiger partial charge in [-0.15, -0.1) is 4.99 Å². The SMILES string of the molecule is C=C(NCCOOCOCOONC)C1CCCC1. The summed E-state index contributed by atoms with van der Waals surface area (Å²) in [6.07, 6.45) is 5.10. The van der Waals surface area contributed by atoms with Crippen LogP contribution in [0.2, 0.25) is 0 Å². The minimum absolute atomic E-state index is 0.0172. The van der Waals surface area contributed by atoms with E-state index in [2.05, 4.69) is 27.3 Å². The average molecular weight is 276 g/mol. The Bertz CT molecular complexity index is 234. The second-order valence-corrected chi connectivity index (χ2v) is 4.22. The molecular weight excluding hydrogens is 252 g/mol. The Morgan fingerprint density at radius 3 is 2.63 bits per heavy atom. The maximum absolute atomic E-state index is 4.91. The predicted molar refractivity (Wildman–Crippen MR) is 68.2 cm³/mol. The van der Waals surface area contributed by atoms with Crippen molar-refractivity contribution in [2.45, 2.75) is 25.7 Å². The Hall–Kier alpha value is -0.700. The number of ether oxygens (including phenoxy) is 1. The molecule has 0 heterocycles. The highest BCUT2D eigenvalue weighted by Crippen LogP contribution is 2.28.